The molecule has 0 spiro atoms. The zero-order valence-corrected chi connectivity index (χ0v) is 11.4. The van der Waals surface area contributed by atoms with E-state index in [-0.39, 0.29) is 0 Å². The first-order valence-corrected chi connectivity index (χ1v) is 6.92. The maximum Gasteiger partial charge on any atom is 0.212 e. The summed E-state index contributed by atoms with van der Waals surface area (Å²) < 4.78 is 2.27. The van der Waals surface area contributed by atoms with Crippen LogP contribution >= 0.6 is 31.9 Å². The second kappa shape index (κ2) is 5.08. The summed E-state index contributed by atoms with van der Waals surface area (Å²) in [4.78, 5) is 0.466. The molecule has 1 aromatic carbocycles. The first-order valence-electron chi connectivity index (χ1n) is 4.88. The molecule has 15 heavy (non-hydrogen) atoms. The number of benzene rings is 1. The molecule has 0 radical (unpaired) electrons. The van der Waals surface area contributed by atoms with Crippen molar-refractivity contribution < 1.29 is 4.57 Å². The zero-order chi connectivity index (χ0) is 10.7. The van der Waals surface area contributed by atoms with Crippen molar-refractivity contribution in [2.24, 2.45) is 0 Å². The molecule has 1 aromatic heterocycles. The number of hydrogen-bond donors (Lipinski definition) is 0. The van der Waals surface area contributed by atoms with Crippen LogP contribution in [-0.2, 0) is 6.54 Å². The molecule has 1 heterocycles. The molecule has 1 unspecified atom stereocenters. The SMILES string of the molecule is BrCC(Br)C[n+]1cccc2ccccc21. The smallest absolute Gasteiger partial charge is 0.197 e. The maximum atomic E-state index is 3.63. The van der Waals surface area contributed by atoms with Gasteiger partial charge in [-0.2, -0.15) is 4.57 Å². The highest BCUT2D eigenvalue weighted by Crippen LogP contribution is 2.10. The molecule has 0 amide bonds. The summed E-state index contributed by atoms with van der Waals surface area (Å²) >= 11 is 7.11. The minimum atomic E-state index is 0.466. The first kappa shape index (κ1) is 11.1. The van der Waals surface area contributed by atoms with Crippen LogP contribution in [-0.4, -0.2) is 10.2 Å². The maximum absolute atomic E-state index is 3.63. The van der Waals surface area contributed by atoms with Crippen LogP contribution < -0.4 is 4.57 Å². The minimum absolute atomic E-state index is 0.466. The van der Waals surface area contributed by atoms with Crippen molar-refractivity contribution in [1.82, 2.24) is 0 Å². The third-order valence-electron chi connectivity index (χ3n) is 2.35. The second-order valence-corrected chi connectivity index (χ2v) is 5.41. The van der Waals surface area contributed by atoms with Gasteiger partial charge in [0.15, 0.2) is 12.7 Å². The summed E-state index contributed by atoms with van der Waals surface area (Å²) in [5, 5.41) is 2.25. The van der Waals surface area contributed by atoms with Gasteiger partial charge in [-0.25, -0.2) is 0 Å². The molecule has 0 saturated carbocycles. The van der Waals surface area contributed by atoms with E-state index < -0.39 is 0 Å². The largest absolute Gasteiger partial charge is 0.212 e. The fourth-order valence-corrected chi connectivity index (χ4v) is 2.16. The van der Waals surface area contributed by atoms with Crippen LogP contribution in [0.1, 0.15) is 0 Å². The van der Waals surface area contributed by atoms with Gasteiger partial charge in [-0.05, 0) is 12.1 Å². The standard InChI is InChI=1S/C12H12Br2N/c13-8-11(14)9-15-7-3-5-10-4-1-2-6-12(10)15/h1-7,11H,8-9H2/q+1. The van der Waals surface area contributed by atoms with Gasteiger partial charge in [0.25, 0.3) is 0 Å². The third-order valence-corrected chi connectivity index (χ3v) is 4.61. The molecule has 0 fully saturated rings. The van der Waals surface area contributed by atoms with Gasteiger partial charge >= 0.3 is 0 Å². The quantitative estimate of drug-likeness (QED) is 0.601. The van der Waals surface area contributed by atoms with E-state index in [0.29, 0.717) is 4.83 Å². The highest BCUT2D eigenvalue weighted by molar-refractivity contribution is 9.12. The number of aromatic nitrogens is 1. The van der Waals surface area contributed by atoms with Gasteiger partial charge in [0.05, 0.1) is 4.83 Å². The third kappa shape index (κ3) is 2.58. The number of hydrogen-bond acceptors (Lipinski definition) is 0. The van der Waals surface area contributed by atoms with Gasteiger partial charge < -0.3 is 0 Å². The van der Waals surface area contributed by atoms with Gasteiger partial charge in [-0.1, -0.05) is 44.0 Å². The normalized spacial score (nSPS) is 12.9. The summed E-state index contributed by atoms with van der Waals surface area (Å²) in [5.41, 5.74) is 1.28. The van der Waals surface area contributed by atoms with Crippen molar-refractivity contribution in [2.45, 2.75) is 11.4 Å². The molecule has 0 aliphatic rings. The van der Waals surface area contributed by atoms with E-state index >= 15 is 0 Å². The summed E-state index contributed by atoms with van der Waals surface area (Å²) in [7, 11) is 0. The molecular formula is C12H12Br2N+. The zero-order valence-electron chi connectivity index (χ0n) is 8.24. The fourth-order valence-electron chi connectivity index (χ4n) is 1.64. The Balaban J connectivity index is 2.42. The van der Waals surface area contributed by atoms with Crippen LogP contribution in [0.3, 0.4) is 0 Å². The Labute approximate surface area is 106 Å². The number of pyridine rings is 1. The fraction of sp³-hybridized carbons (Fsp3) is 0.250. The molecule has 2 aromatic rings. The van der Waals surface area contributed by atoms with Gasteiger partial charge in [-0.3, -0.25) is 0 Å². The predicted molar refractivity (Wildman–Crippen MR) is 70.7 cm³/mol. The first-order chi connectivity index (χ1) is 7.31. The molecule has 3 heteroatoms. The van der Waals surface area contributed by atoms with Crippen molar-refractivity contribution in [3.63, 3.8) is 0 Å². The van der Waals surface area contributed by atoms with Crippen LogP contribution in [0.4, 0.5) is 0 Å². The highest BCUT2D eigenvalue weighted by atomic mass is 79.9. The molecule has 0 saturated heterocycles. The Morgan fingerprint density at radius 2 is 1.87 bits per heavy atom. The number of fused-ring (bicyclic) bond motifs is 1. The molecule has 0 aliphatic heterocycles. The summed E-state index contributed by atoms with van der Waals surface area (Å²) in [6.07, 6.45) is 2.12. The van der Waals surface area contributed by atoms with Crippen LogP contribution in [0, 0.1) is 0 Å². The van der Waals surface area contributed by atoms with Crippen LogP contribution in [0.25, 0.3) is 10.9 Å². The average molecular weight is 330 g/mol. The monoisotopic (exact) mass is 328 g/mol. The molecule has 0 N–H and O–H groups in total. The Kier molecular flexibility index (Phi) is 3.76. The van der Waals surface area contributed by atoms with Crippen molar-refractivity contribution >= 4 is 42.8 Å². The minimum Gasteiger partial charge on any atom is -0.197 e. The van der Waals surface area contributed by atoms with E-state index in [1.807, 2.05) is 0 Å². The summed E-state index contributed by atoms with van der Waals surface area (Å²) in [6, 6.07) is 12.7. The van der Waals surface area contributed by atoms with E-state index in [1.54, 1.807) is 0 Å². The lowest BCUT2D eigenvalue weighted by atomic mass is 10.2. The van der Waals surface area contributed by atoms with Crippen LogP contribution in [0.15, 0.2) is 42.6 Å². The number of rotatable bonds is 3. The van der Waals surface area contributed by atoms with Gasteiger partial charge in [0.1, 0.15) is 0 Å². The van der Waals surface area contributed by atoms with Crippen LogP contribution in [0.2, 0.25) is 0 Å². The Morgan fingerprint density at radius 1 is 1.13 bits per heavy atom. The summed E-state index contributed by atoms with van der Waals surface area (Å²) in [5.74, 6) is 0. The second-order valence-electron chi connectivity index (χ2n) is 3.47. The predicted octanol–water partition coefficient (Wildman–Crippen LogP) is 3.29. The number of nitrogens with zero attached hydrogens (tertiary/aromatic N) is 1. The molecule has 2 rings (SSSR count). The molecular weight excluding hydrogens is 318 g/mol. The molecule has 78 valence electrons. The Hall–Kier alpha value is -0.410. The molecule has 1 nitrogen and oxygen atoms in total. The summed E-state index contributed by atoms with van der Waals surface area (Å²) in [6.45, 7) is 0.979. The Morgan fingerprint density at radius 3 is 2.67 bits per heavy atom. The number of alkyl halides is 2. The van der Waals surface area contributed by atoms with E-state index in [4.69, 9.17) is 0 Å². The highest BCUT2D eigenvalue weighted by Gasteiger charge is 2.12. The van der Waals surface area contributed by atoms with Crippen LogP contribution in [0.5, 0.6) is 0 Å². The molecule has 0 bridgehead atoms. The Bertz CT molecular complexity index is 451. The molecule has 0 aliphatic carbocycles. The van der Waals surface area contributed by atoms with Gasteiger partial charge in [0.2, 0.25) is 5.52 Å². The lowest BCUT2D eigenvalue weighted by Crippen LogP contribution is -2.38. The van der Waals surface area contributed by atoms with Gasteiger partial charge in [0, 0.05) is 22.8 Å². The van der Waals surface area contributed by atoms with E-state index in [1.165, 1.54) is 10.9 Å². The van der Waals surface area contributed by atoms with E-state index in [9.17, 15) is 0 Å². The average Bonchev–Trinajstić information content (AvgIpc) is 2.29. The van der Waals surface area contributed by atoms with E-state index in [0.717, 1.165) is 11.9 Å². The van der Waals surface area contributed by atoms with Crippen molar-refractivity contribution in [3.05, 3.63) is 42.6 Å². The van der Waals surface area contributed by atoms with Crippen molar-refractivity contribution in [3.8, 4) is 0 Å². The topological polar surface area (TPSA) is 3.88 Å². The van der Waals surface area contributed by atoms with Crippen molar-refractivity contribution in [1.29, 1.82) is 0 Å². The van der Waals surface area contributed by atoms with Gasteiger partial charge in [-0.15, -0.1) is 0 Å². The number of halogens is 2. The lowest BCUT2D eigenvalue weighted by molar-refractivity contribution is -0.669. The molecule has 1 atom stereocenters. The lowest BCUT2D eigenvalue weighted by Gasteiger charge is -2.04. The van der Waals surface area contributed by atoms with E-state index in [2.05, 4.69) is 79.0 Å². The number of para-hydroxylation sites is 1. The van der Waals surface area contributed by atoms with Crippen molar-refractivity contribution in [2.75, 3.05) is 5.33 Å².